The van der Waals surface area contributed by atoms with E-state index in [-0.39, 0.29) is 12.2 Å². The van der Waals surface area contributed by atoms with E-state index in [0.29, 0.717) is 23.5 Å². The van der Waals surface area contributed by atoms with Crippen LogP contribution in [-0.2, 0) is 17.8 Å². The van der Waals surface area contributed by atoms with Gasteiger partial charge < -0.3 is 19.6 Å². The molecule has 0 spiro atoms. The number of carboxylic acids is 1. The van der Waals surface area contributed by atoms with Crippen LogP contribution in [0.25, 0.3) is 22.0 Å². The molecule has 1 heterocycles. The molecule has 0 bridgehead atoms. The van der Waals surface area contributed by atoms with E-state index in [4.69, 9.17) is 14.6 Å². The van der Waals surface area contributed by atoms with E-state index in [1.807, 2.05) is 18.2 Å². The first-order valence-corrected chi connectivity index (χ1v) is 9.51. The lowest BCUT2D eigenvalue weighted by Crippen LogP contribution is -1.99. The molecule has 0 fully saturated rings. The molecular weight excluding hydrogens is 404 g/mol. The number of aromatic nitrogens is 1. The summed E-state index contributed by atoms with van der Waals surface area (Å²) in [4.78, 5) is 14.0. The van der Waals surface area contributed by atoms with Gasteiger partial charge in [-0.25, -0.2) is 8.78 Å². The van der Waals surface area contributed by atoms with E-state index in [1.165, 1.54) is 7.11 Å². The normalized spacial score (nSPS) is 10.9. The Morgan fingerprint density at radius 1 is 1.03 bits per heavy atom. The molecular formula is C24H19F2NO4. The fourth-order valence-electron chi connectivity index (χ4n) is 3.45. The van der Waals surface area contributed by atoms with Crippen molar-refractivity contribution in [2.45, 2.75) is 13.0 Å². The highest BCUT2D eigenvalue weighted by atomic mass is 19.2. The number of methoxy groups -OCH3 is 1. The Morgan fingerprint density at radius 2 is 1.77 bits per heavy atom. The molecule has 0 unspecified atom stereocenters. The molecule has 0 radical (unpaired) electrons. The van der Waals surface area contributed by atoms with Gasteiger partial charge >= 0.3 is 5.97 Å². The van der Waals surface area contributed by atoms with E-state index in [2.05, 4.69) is 4.98 Å². The van der Waals surface area contributed by atoms with Gasteiger partial charge in [-0.1, -0.05) is 24.3 Å². The number of hydrogen-bond acceptors (Lipinski definition) is 3. The SMILES string of the molecule is COc1cc(F)c(F)cc1-c1ccc(OCc2ccc3c(CC(=O)O)c[nH]c3c2)cc1. The average molecular weight is 423 g/mol. The van der Waals surface area contributed by atoms with Gasteiger partial charge in [0, 0.05) is 28.7 Å². The van der Waals surface area contributed by atoms with Gasteiger partial charge in [-0.05, 0) is 41.0 Å². The van der Waals surface area contributed by atoms with Gasteiger partial charge in [-0.2, -0.15) is 0 Å². The first kappa shape index (κ1) is 20.4. The van der Waals surface area contributed by atoms with Gasteiger partial charge in [0.1, 0.15) is 18.1 Å². The van der Waals surface area contributed by atoms with Crippen LogP contribution in [0, 0.1) is 11.6 Å². The van der Waals surface area contributed by atoms with Gasteiger partial charge in [0.05, 0.1) is 13.5 Å². The van der Waals surface area contributed by atoms with Crippen LogP contribution < -0.4 is 9.47 Å². The fourth-order valence-corrected chi connectivity index (χ4v) is 3.45. The van der Waals surface area contributed by atoms with Crippen LogP contribution in [0.15, 0.2) is 60.8 Å². The summed E-state index contributed by atoms with van der Waals surface area (Å²) in [5.41, 5.74) is 3.61. The molecule has 158 valence electrons. The number of benzene rings is 3. The number of carbonyl (C=O) groups is 1. The summed E-state index contributed by atoms with van der Waals surface area (Å²) in [5.74, 6) is -1.92. The summed E-state index contributed by atoms with van der Waals surface area (Å²) in [6.45, 7) is 0.317. The van der Waals surface area contributed by atoms with E-state index in [9.17, 15) is 13.6 Å². The number of carboxylic acid groups (broad SMARTS) is 1. The monoisotopic (exact) mass is 423 g/mol. The third-order valence-electron chi connectivity index (χ3n) is 4.99. The zero-order valence-electron chi connectivity index (χ0n) is 16.6. The number of aliphatic carboxylic acids is 1. The highest BCUT2D eigenvalue weighted by Gasteiger charge is 2.13. The Bertz CT molecular complexity index is 1250. The summed E-state index contributed by atoms with van der Waals surface area (Å²) in [5, 5.41) is 9.85. The number of ether oxygens (including phenoxy) is 2. The molecule has 0 saturated heterocycles. The standard InChI is InChI=1S/C24H19F2NO4/c1-30-23-11-21(26)20(25)10-19(23)15-3-5-17(6-4-15)31-13-14-2-7-18-16(9-24(28)29)12-27-22(18)8-14/h2-8,10-12,27H,9,13H2,1H3,(H,28,29). The first-order chi connectivity index (χ1) is 14.9. The van der Waals surface area contributed by atoms with Crippen LogP contribution in [0.5, 0.6) is 11.5 Å². The van der Waals surface area contributed by atoms with Crippen molar-refractivity contribution in [3.63, 3.8) is 0 Å². The third kappa shape index (κ3) is 4.35. The molecule has 7 heteroatoms. The molecule has 3 aromatic carbocycles. The van der Waals surface area contributed by atoms with E-state index in [1.54, 1.807) is 30.5 Å². The molecule has 5 nitrogen and oxygen atoms in total. The zero-order chi connectivity index (χ0) is 22.0. The van der Waals surface area contributed by atoms with Crippen LogP contribution in [0.2, 0.25) is 0 Å². The lowest BCUT2D eigenvalue weighted by atomic mass is 10.0. The predicted molar refractivity (Wildman–Crippen MR) is 112 cm³/mol. The molecule has 1 aromatic heterocycles. The second kappa shape index (κ2) is 8.47. The second-order valence-corrected chi connectivity index (χ2v) is 7.04. The topological polar surface area (TPSA) is 71.6 Å². The maximum Gasteiger partial charge on any atom is 0.307 e. The predicted octanol–water partition coefficient (Wildman–Crippen LogP) is 5.33. The molecule has 4 aromatic rings. The van der Waals surface area contributed by atoms with Crippen LogP contribution in [0.3, 0.4) is 0 Å². The van der Waals surface area contributed by atoms with Gasteiger partial charge in [-0.3, -0.25) is 4.79 Å². The summed E-state index contributed by atoms with van der Waals surface area (Å²) in [6.07, 6.45) is 1.67. The van der Waals surface area contributed by atoms with Gasteiger partial charge in [0.15, 0.2) is 11.6 Å². The second-order valence-electron chi connectivity index (χ2n) is 7.04. The maximum absolute atomic E-state index is 13.7. The minimum atomic E-state index is -0.963. The number of rotatable bonds is 7. The van der Waals surface area contributed by atoms with Crippen LogP contribution in [0.1, 0.15) is 11.1 Å². The highest BCUT2D eigenvalue weighted by molar-refractivity contribution is 5.87. The number of aromatic amines is 1. The van der Waals surface area contributed by atoms with Crippen LogP contribution >= 0.6 is 0 Å². The third-order valence-corrected chi connectivity index (χ3v) is 4.99. The summed E-state index contributed by atoms with van der Waals surface area (Å²) in [7, 11) is 1.40. The van der Waals surface area contributed by atoms with Crippen molar-refractivity contribution in [3.05, 3.63) is 83.6 Å². The van der Waals surface area contributed by atoms with Crippen molar-refractivity contribution in [1.82, 2.24) is 4.98 Å². The highest BCUT2D eigenvalue weighted by Crippen LogP contribution is 2.33. The van der Waals surface area contributed by atoms with E-state index < -0.39 is 17.6 Å². The smallest absolute Gasteiger partial charge is 0.307 e. The summed E-state index contributed by atoms with van der Waals surface area (Å²) < 4.78 is 38.1. The number of nitrogens with one attached hydrogen (secondary N) is 1. The quantitative estimate of drug-likeness (QED) is 0.422. The molecule has 0 aliphatic carbocycles. The Morgan fingerprint density at radius 3 is 2.48 bits per heavy atom. The van der Waals surface area contributed by atoms with Crippen molar-refractivity contribution in [1.29, 1.82) is 0 Å². The van der Waals surface area contributed by atoms with Crippen LogP contribution in [0.4, 0.5) is 8.78 Å². The summed E-state index contributed by atoms with van der Waals surface area (Å²) >= 11 is 0. The number of fused-ring (bicyclic) bond motifs is 1. The molecule has 0 aliphatic rings. The van der Waals surface area contributed by atoms with Crippen molar-refractivity contribution in [2.24, 2.45) is 0 Å². The minimum absolute atomic E-state index is 0.0368. The number of halogens is 2. The summed E-state index contributed by atoms with van der Waals surface area (Å²) in [6, 6.07) is 14.8. The van der Waals surface area contributed by atoms with Gasteiger partial charge in [0.25, 0.3) is 0 Å². The van der Waals surface area contributed by atoms with E-state index >= 15 is 0 Å². The number of hydrogen-bond donors (Lipinski definition) is 2. The fraction of sp³-hybridized carbons (Fsp3) is 0.125. The largest absolute Gasteiger partial charge is 0.496 e. The van der Waals surface area contributed by atoms with Gasteiger partial charge in [-0.15, -0.1) is 0 Å². The minimum Gasteiger partial charge on any atom is -0.496 e. The van der Waals surface area contributed by atoms with E-state index in [0.717, 1.165) is 34.2 Å². The zero-order valence-corrected chi connectivity index (χ0v) is 16.6. The van der Waals surface area contributed by atoms with Crippen molar-refractivity contribution < 1.29 is 28.2 Å². The lowest BCUT2D eigenvalue weighted by molar-refractivity contribution is -0.136. The average Bonchev–Trinajstić information content (AvgIpc) is 3.15. The molecule has 0 atom stereocenters. The Labute approximate surface area is 176 Å². The van der Waals surface area contributed by atoms with Gasteiger partial charge in [0.2, 0.25) is 0 Å². The Hall–Kier alpha value is -3.87. The van der Waals surface area contributed by atoms with Crippen molar-refractivity contribution >= 4 is 16.9 Å². The Balaban J connectivity index is 1.48. The number of H-pyrrole nitrogens is 1. The Kier molecular flexibility index (Phi) is 5.58. The van der Waals surface area contributed by atoms with Crippen molar-refractivity contribution in [2.75, 3.05) is 7.11 Å². The maximum atomic E-state index is 13.7. The molecule has 0 saturated carbocycles. The molecule has 4 rings (SSSR count). The molecule has 31 heavy (non-hydrogen) atoms. The first-order valence-electron chi connectivity index (χ1n) is 9.51. The van der Waals surface area contributed by atoms with Crippen molar-refractivity contribution in [3.8, 4) is 22.6 Å². The van der Waals surface area contributed by atoms with Crippen LogP contribution in [-0.4, -0.2) is 23.2 Å². The molecule has 0 amide bonds. The lowest BCUT2D eigenvalue weighted by Gasteiger charge is -2.11. The molecule has 0 aliphatic heterocycles. The molecule has 2 N–H and O–H groups in total.